The molecule has 0 unspecified atom stereocenters. The molecule has 2 heterocycles. The van der Waals surface area contributed by atoms with Gasteiger partial charge in [-0.15, -0.1) is 0 Å². The van der Waals surface area contributed by atoms with Gasteiger partial charge in [-0.3, -0.25) is 9.11 Å². The third-order valence-electron chi connectivity index (χ3n) is 4.29. The Labute approximate surface area is 157 Å². The smallest absolute Gasteiger partial charge is 0.294 e. The summed E-state index contributed by atoms with van der Waals surface area (Å²) in [5.41, 5.74) is -0.132. The average molecular weight is 422 g/mol. The zero-order chi connectivity index (χ0) is 20.4. The number of rotatable bonds is 3. The summed E-state index contributed by atoms with van der Waals surface area (Å²) < 4.78 is 63.3. The molecule has 146 valence electrons. The molecule has 0 bridgehead atoms. The molecule has 0 atom stereocenters. The number of aromatic nitrogens is 2. The molecule has 0 saturated heterocycles. The van der Waals surface area contributed by atoms with Gasteiger partial charge in [0.2, 0.25) is 0 Å². The lowest BCUT2D eigenvalue weighted by Crippen LogP contribution is -1.97. The standard InChI is InChI=1S/C16H12N2O8S2/c19-15-9-3-1-7(27(21,22)23)5-11(9)17-13(15)14-16(20)10-4-2-8(28(24,25)26)6-12(10)18-14/h1-6,17-20H,(H,21,22,23)(H,24,25,26)/p-2. The lowest BCUT2D eigenvalue weighted by molar-refractivity contribution is -0.268. The number of hydrogen-bond acceptors (Lipinski definition) is 6. The predicted octanol–water partition coefficient (Wildman–Crippen LogP) is 0.957. The van der Waals surface area contributed by atoms with Gasteiger partial charge in [-0.05, 0) is 35.0 Å². The van der Waals surface area contributed by atoms with Gasteiger partial charge in [0.15, 0.2) is 0 Å². The van der Waals surface area contributed by atoms with Crippen LogP contribution in [0.5, 0.6) is 11.5 Å². The van der Waals surface area contributed by atoms with Gasteiger partial charge in [0.25, 0.3) is 20.2 Å². The first kappa shape index (κ1) is 18.3. The van der Waals surface area contributed by atoms with E-state index < -0.39 is 41.5 Å². The number of H-pyrrole nitrogens is 2. The van der Waals surface area contributed by atoms with Gasteiger partial charge in [-0.2, -0.15) is 16.8 Å². The second-order valence-corrected chi connectivity index (χ2v) is 8.87. The highest BCUT2D eigenvalue weighted by Gasteiger charge is 2.16. The van der Waals surface area contributed by atoms with Gasteiger partial charge >= 0.3 is 0 Å². The van der Waals surface area contributed by atoms with Gasteiger partial charge in [0.1, 0.15) is 0 Å². The number of nitrogens with one attached hydrogen (secondary N) is 2. The minimum absolute atomic E-state index is 0.0896. The Morgan fingerprint density at radius 2 is 1.04 bits per heavy atom. The van der Waals surface area contributed by atoms with Crippen LogP contribution in [-0.4, -0.2) is 35.9 Å². The van der Waals surface area contributed by atoms with Crippen molar-refractivity contribution in [1.82, 2.24) is 9.97 Å². The van der Waals surface area contributed by atoms with Crippen LogP contribution in [0.1, 0.15) is 0 Å². The van der Waals surface area contributed by atoms with Crippen LogP contribution in [0.3, 0.4) is 0 Å². The van der Waals surface area contributed by atoms with Crippen LogP contribution in [0.15, 0.2) is 46.2 Å². The Balaban J connectivity index is 1.95. The lowest BCUT2D eigenvalue weighted by atomic mass is 10.2. The monoisotopic (exact) mass is 422 g/mol. The predicted molar refractivity (Wildman–Crippen MR) is 94.1 cm³/mol. The summed E-state index contributed by atoms with van der Waals surface area (Å²) in [5, 5.41) is 25.4. The van der Waals surface area contributed by atoms with E-state index in [1.54, 1.807) is 0 Å². The van der Waals surface area contributed by atoms with Crippen LogP contribution in [0.25, 0.3) is 33.2 Å². The van der Waals surface area contributed by atoms with Crippen LogP contribution >= 0.6 is 0 Å². The summed E-state index contributed by atoms with van der Waals surface area (Å²) >= 11 is 0. The number of fused-ring (bicyclic) bond motifs is 2. The van der Waals surface area contributed by atoms with E-state index >= 15 is 0 Å². The zero-order valence-corrected chi connectivity index (χ0v) is 15.3. The van der Waals surface area contributed by atoms with E-state index in [1.165, 1.54) is 12.1 Å². The summed E-state index contributed by atoms with van der Waals surface area (Å²) in [6.07, 6.45) is 0. The van der Waals surface area contributed by atoms with Crippen molar-refractivity contribution in [2.75, 3.05) is 0 Å². The molecule has 0 saturated carbocycles. The third kappa shape index (κ3) is 2.79. The Morgan fingerprint density at radius 1 is 0.679 bits per heavy atom. The molecule has 28 heavy (non-hydrogen) atoms. The summed E-state index contributed by atoms with van der Waals surface area (Å²) in [4.78, 5) is 4.45. The molecule has 2 aromatic carbocycles. The van der Waals surface area contributed by atoms with Crippen molar-refractivity contribution in [3.05, 3.63) is 36.4 Å². The highest BCUT2D eigenvalue weighted by atomic mass is 32.2. The van der Waals surface area contributed by atoms with E-state index in [1.807, 2.05) is 0 Å². The minimum Gasteiger partial charge on any atom is -0.871 e. The molecule has 0 radical (unpaired) electrons. The second kappa shape index (κ2) is 5.72. The van der Waals surface area contributed by atoms with Crippen LogP contribution in [-0.2, 0) is 20.2 Å². The maximum Gasteiger partial charge on any atom is 0.294 e. The minimum atomic E-state index is -4.48. The fraction of sp³-hybridized carbons (Fsp3) is 0. The highest BCUT2D eigenvalue weighted by Crippen LogP contribution is 2.40. The summed E-state index contributed by atoms with van der Waals surface area (Å²) in [5.74, 6) is -1.17. The van der Waals surface area contributed by atoms with Gasteiger partial charge in [0, 0.05) is 11.0 Å². The molecule has 4 aromatic rings. The average Bonchev–Trinajstić information content (AvgIpc) is 3.10. The SMILES string of the molecule is O=S(=O)(O)c1ccc2c([O-])c(-c3[nH]c4cc(S(=O)(=O)O)ccc4c3[O-])[nH]c2c1. The largest absolute Gasteiger partial charge is 0.871 e. The van der Waals surface area contributed by atoms with Gasteiger partial charge < -0.3 is 20.2 Å². The molecule has 4 N–H and O–H groups in total. The molecule has 10 nitrogen and oxygen atoms in total. The maximum atomic E-state index is 12.6. The third-order valence-corrected chi connectivity index (χ3v) is 5.99. The Hall–Kier alpha value is -3.06. The number of benzene rings is 2. The maximum absolute atomic E-state index is 12.6. The molecule has 0 spiro atoms. The molecule has 0 aliphatic carbocycles. The fourth-order valence-electron chi connectivity index (χ4n) is 2.97. The quantitative estimate of drug-likeness (QED) is 0.351. The highest BCUT2D eigenvalue weighted by molar-refractivity contribution is 7.86. The van der Waals surface area contributed by atoms with Crippen molar-refractivity contribution in [3.63, 3.8) is 0 Å². The first-order chi connectivity index (χ1) is 13.0. The number of aromatic amines is 2. The van der Waals surface area contributed by atoms with E-state index in [4.69, 9.17) is 9.11 Å². The van der Waals surface area contributed by atoms with Crippen molar-refractivity contribution in [2.24, 2.45) is 0 Å². The van der Waals surface area contributed by atoms with Crippen molar-refractivity contribution in [2.45, 2.75) is 9.79 Å². The molecule has 0 fully saturated rings. The van der Waals surface area contributed by atoms with E-state index in [2.05, 4.69) is 9.97 Å². The van der Waals surface area contributed by atoms with Gasteiger partial charge in [0.05, 0.1) is 21.2 Å². The van der Waals surface area contributed by atoms with E-state index in [0.29, 0.717) is 0 Å². The van der Waals surface area contributed by atoms with Crippen LogP contribution < -0.4 is 10.2 Å². The molecule has 0 amide bonds. The summed E-state index contributed by atoms with van der Waals surface area (Å²) in [6, 6.07) is 6.61. The fourth-order valence-corrected chi connectivity index (χ4v) is 3.99. The van der Waals surface area contributed by atoms with E-state index in [-0.39, 0.29) is 33.2 Å². The van der Waals surface area contributed by atoms with Crippen LogP contribution in [0.4, 0.5) is 0 Å². The second-order valence-electron chi connectivity index (χ2n) is 6.02. The topological polar surface area (TPSA) is 186 Å². The van der Waals surface area contributed by atoms with Crippen LogP contribution in [0, 0.1) is 0 Å². The summed E-state index contributed by atoms with van der Waals surface area (Å²) in [7, 11) is -8.96. The van der Waals surface area contributed by atoms with Crippen molar-refractivity contribution in [3.8, 4) is 22.9 Å². The first-order valence-electron chi connectivity index (χ1n) is 7.57. The van der Waals surface area contributed by atoms with Gasteiger partial charge in [-0.1, -0.05) is 23.6 Å². The number of hydrogen-bond donors (Lipinski definition) is 4. The Kier molecular flexibility index (Phi) is 3.74. The van der Waals surface area contributed by atoms with E-state index in [9.17, 15) is 27.0 Å². The van der Waals surface area contributed by atoms with Crippen molar-refractivity contribution >= 4 is 42.0 Å². The van der Waals surface area contributed by atoms with E-state index in [0.717, 1.165) is 24.3 Å². The Morgan fingerprint density at radius 3 is 1.36 bits per heavy atom. The normalized spacial score (nSPS) is 12.8. The van der Waals surface area contributed by atoms with Gasteiger partial charge in [-0.25, -0.2) is 0 Å². The molecule has 0 aliphatic rings. The Bertz CT molecular complexity index is 1370. The van der Waals surface area contributed by atoms with Crippen molar-refractivity contribution < 1.29 is 36.2 Å². The summed E-state index contributed by atoms with van der Waals surface area (Å²) in [6.45, 7) is 0. The van der Waals surface area contributed by atoms with Crippen LogP contribution in [0.2, 0.25) is 0 Å². The molecule has 4 rings (SSSR count). The molecular weight excluding hydrogens is 412 g/mol. The molecular formula is C16H10N2O8S2-2. The lowest BCUT2D eigenvalue weighted by Gasteiger charge is -2.11. The zero-order valence-electron chi connectivity index (χ0n) is 13.6. The molecule has 2 aromatic heterocycles. The molecule has 0 aliphatic heterocycles. The molecule has 12 heteroatoms. The van der Waals surface area contributed by atoms with Crippen molar-refractivity contribution in [1.29, 1.82) is 0 Å². The first-order valence-corrected chi connectivity index (χ1v) is 10.5.